The summed E-state index contributed by atoms with van der Waals surface area (Å²) in [5.41, 5.74) is -5.61. The molecular formula is C21H17F6N3O3. The number of nitrogens with zero attached hydrogens (tertiary/aromatic N) is 2. The number of nitrogens with one attached hydrogen (secondary N) is 1. The van der Waals surface area contributed by atoms with Crippen LogP contribution in [-0.4, -0.2) is 33.5 Å². The van der Waals surface area contributed by atoms with Gasteiger partial charge < -0.3 is 9.63 Å². The van der Waals surface area contributed by atoms with Crippen LogP contribution in [0.25, 0.3) is 22.4 Å². The molecule has 33 heavy (non-hydrogen) atoms. The molecule has 0 unspecified atom stereocenters. The third-order valence-corrected chi connectivity index (χ3v) is 4.82. The molecule has 0 spiro atoms. The number of aliphatic hydroxyl groups is 1. The van der Waals surface area contributed by atoms with Crippen molar-refractivity contribution < 1.29 is 40.8 Å². The second-order valence-electron chi connectivity index (χ2n) is 7.40. The van der Waals surface area contributed by atoms with E-state index >= 15 is 0 Å². The van der Waals surface area contributed by atoms with Crippen LogP contribution >= 0.6 is 0 Å². The molecule has 6 nitrogen and oxygen atoms in total. The van der Waals surface area contributed by atoms with E-state index < -0.39 is 35.3 Å². The van der Waals surface area contributed by atoms with Crippen molar-refractivity contribution in [2.24, 2.45) is 5.92 Å². The van der Waals surface area contributed by atoms with Gasteiger partial charge in [-0.2, -0.15) is 26.3 Å². The SMILES string of the molecule is CC(C)C(=O)Nc1onc(-c2ccncc2)c1-c1ccc(C(O)(C(F)(F)F)C(F)(F)F)cc1. The predicted octanol–water partition coefficient (Wildman–Crippen LogP) is 5.31. The summed E-state index contributed by atoms with van der Waals surface area (Å²) in [6.45, 7) is 3.22. The number of hydrogen-bond acceptors (Lipinski definition) is 5. The number of carbonyl (C=O) groups is 1. The van der Waals surface area contributed by atoms with E-state index in [-0.39, 0.29) is 22.7 Å². The minimum Gasteiger partial charge on any atom is -0.369 e. The van der Waals surface area contributed by atoms with Crippen molar-refractivity contribution in [2.45, 2.75) is 31.8 Å². The minimum absolute atomic E-state index is 0.0950. The Kier molecular flexibility index (Phi) is 6.25. The highest BCUT2D eigenvalue weighted by Crippen LogP contribution is 2.50. The fraction of sp³-hybridized carbons (Fsp3) is 0.286. The molecule has 2 N–H and O–H groups in total. The number of aromatic nitrogens is 2. The highest BCUT2D eigenvalue weighted by Gasteiger charge is 2.71. The maximum absolute atomic E-state index is 13.2. The van der Waals surface area contributed by atoms with E-state index in [1.54, 1.807) is 26.0 Å². The van der Waals surface area contributed by atoms with E-state index in [1.165, 1.54) is 12.4 Å². The Bertz CT molecular complexity index is 1110. The van der Waals surface area contributed by atoms with Crippen LogP contribution in [0.1, 0.15) is 19.4 Å². The van der Waals surface area contributed by atoms with Crippen molar-refractivity contribution in [1.29, 1.82) is 0 Å². The van der Waals surface area contributed by atoms with E-state index in [0.717, 1.165) is 12.1 Å². The molecule has 0 aliphatic heterocycles. The smallest absolute Gasteiger partial charge is 0.369 e. The summed E-state index contributed by atoms with van der Waals surface area (Å²) in [5, 5.41) is 16.0. The highest BCUT2D eigenvalue weighted by molar-refractivity contribution is 5.97. The first-order valence-corrected chi connectivity index (χ1v) is 9.45. The summed E-state index contributed by atoms with van der Waals surface area (Å²) in [5.74, 6) is -1.05. The van der Waals surface area contributed by atoms with Crippen molar-refractivity contribution in [3.05, 3.63) is 54.4 Å². The third-order valence-electron chi connectivity index (χ3n) is 4.82. The summed E-state index contributed by atoms with van der Waals surface area (Å²) in [6, 6.07) is 6.01. The van der Waals surface area contributed by atoms with Crippen LogP contribution in [-0.2, 0) is 10.4 Å². The summed E-state index contributed by atoms with van der Waals surface area (Å²) in [6.07, 6.45) is -9.14. The van der Waals surface area contributed by atoms with Crippen LogP contribution in [0.15, 0.2) is 53.3 Å². The standard InChI is InChI=1S/C21H17F6N3O3/c1-11(2)17(31)29-18-15(16(30-33-18)13-7-9-28-10-8-13)12-3-5-14(6-4-12)19(32,20(22,23)24)21(25,26)27/h3-11,32H,1-2H3,(H,29,31). The number of hydrogen-bond donors (Lipinski definition) is 2. The maximum atomic E-state index is 13.2. The van der Waals surface area contributed by atoms with Crippen molar-refractivity contribution in [3.63, 3.8) is 0 Å². The monoisotopic (exact) mass is 473 g/mol. The number of benzene rings is 1. The van der Waals surface area contributed by atoms with Gasteiger partial charge in [0.15, 0.2) is 0 Å². The van der Waals surface area contributed by atoms with E-state index in [0.29, 0.717) is 17.7 Å². The Morgan fingerprint density at radius 3 is 1.97 bits per heavy atom. The number of anilines is 1. The van der Waals surface area contributed by atoms with Crippen LogP contribution < -0.4 is 5.32 Å². The number of rotatable bonds is 5. The van der Waals surface area contributed by atoms with E-state index in [9.17, 15) is 36.2 Å². The van der Waals surface area contributed by atoms with Gasteiger partial charge in [0.25, 0.3) is 5.60 Å². The minimum atomic E-state index is -6.01. The van der Waals surface area contributed by atoms with Crippen LogP contribution in [0.5, 0.6) is 0 Å². The van der Waals surface area contributed by atoms with Crippen molar-refractivity contribution in [3.8, 4) is 22.4 Å². The fourth-order valence-corrected chi connectivity index (χ4v) is 2.97. The molecule has 0 bridgehead atoms. The number of pyridine rings is 1. The first-order chi connectivity index (χ1) is 15.3. The Morgan fingerprint density at radius 1 is 0.939 bits per heavy atom. The van der Waals surface area contributed by atoms with Crippen molar-refractivity contribution in [1.82, 2.24) is 10.1 Å². The van der Waals surface area contributed by atoms with Crippen LogP contribution in [0.2, 0.25) is 0 Å². The molecule has 0 saturated carbocycles. The van der Waals surface area contributed by atoms with Crippen molar-refractivity contribution in [2.75, 3.05) is 5.32 Å². The average Bonchev–Trinajstić information content (AvgIpc) is 3.15. The Balaban J connectivity index is 2.14. The quantitative estimate of drug-likeness (QED) is 0.491. The average molecular weight is 473 g/mol. The van der Waals surface area contributed by atoms with E-state index in [4.69, 9.17) is 4.52 Å². The zero-order valence-corrected chi connectivity index (χ0v) is 17.1. The van der Waals surface area contributed by atoms with E-state index in [2.05, 4.69) is 15.5 Å². The first-order valence-electron chi connectivity index (χ1n) is 9.45. The van der Waals surface area contributed by atoms with E-state index in [1.807, 2.05) is 0 Å². The van der Waals surface area contributed by atoms with Crippen molar-refractivity contribution >= 4 is 11.8 Å². The van der Waals surface area contributed by atoms with Gasteiger partial charge in [-0.1, -0.05) is 43.3 Å². The topological polar surface area (TPSA) is 88.3 Å². The number of halogens is 6. The molecule has 1 aromatic carbocycles. The molecule has 3 aromatic rings. The molecule has 0 saturated heterocycles. The Labute approximate surface area is 183 Å². The second kappa shape index (κ2) is 8.50. The summed E-state index contributed by atoms with van der Waals surface area (Å²) >= 11 is 0. The second-order valence-corrected chi connectivity index (χ2v) is 7.40. The molecule has 12 heteroatoms. The fourth-order valence-electron chi connectivity index (χ4n) is 2.97. The Hall–Kier alpha value is -3.41. The van der Waals surface area contributed by atoms with Gasteiger partial charge >= 0.3 is 12.4 Å². The zero-order chi connectivity index (χ0) is 24.6. The molecule has 1 amide bonds. The van der Waals surface area contributed by atoms with Gasteiger partial charge in [0, 0.05) is 29.4 Å². The summed E-state index contributed by atoms with van der Waals surface area (Å²) in [7, 11) is 0. The molecule has 0 aliphatic rings. The predicted molar refractivity (Wildman–Crippen MR) is 105 cm³/mol. The van der Waals surface area contributed by atoms with Gasteiger partial charge in [-0.25, -0.2) is 0 Å². The molecule has 0 radical (unpaired) electrons. The molecule has 2 heterocycles. The van der Waals surface area contributed by atoms with Crippen LogP contribution in [0.3, 0.4) is 0 Å². The lowest BCUT2D eigenvalue weighted by atomic mass is 9.90. The van der Waals surface area contributed by atoms with Gasteiger partial charge in [0.05, 0.1) is 5.56 Å². The molecule has 0 atom stereocenters. The largest absolute Gasteiger partial charge is 0.430 e. The third kappa shape index (κ3) is 4.42. The molecular weight excluding hydrogens is 456 g/mol. The number of carbonyl (C=O) groups excluding carboxylic acids is 1. The Morgan fingerprint density at radius 2 is 1.48 bits per heavy atom. The lowest BCUT2D eigenvalue weighted by molar-refractivity contribution is -0.376. The van der Waals surface area contributed by atoms with Crippen LogP contribution in [0, 0.1) is 5.92 Å². The molecule has 2 aromatic heterocycles. The van der Waals surface area contributed by atoms with Gasteiger partial charge in [-0.15, -0.1) is 0 Å². The lowest BCUT2D eigenvalue weighted by Gasteiger charge is -2.32. The highest BCUT2D eigenvalue weighted by atomic mass is 19.4. The van der Waals surface area contributed by atoms with Gasteiger partial charge in [0.1, 0.15) is 5.69 Å². The number of amides is 1. The normalized spacial score (nSPS) is 12.8. The van der Waals surface area contributed by atoms with Gasteiger partial charge in [-0.3, -0.25) is 15.1 Å². The van der Waals surface area contributed by atoms with Crippen LogP contribution in [0.4, 0.5) is 32.2 Å². The molecule has 3 rings (SSSR count). The molecule has 0 fully saturated rings. The summed E-state index contributed by atoms with van der Waals surface area (Å²) in [4.78, 5) is 16.0. The zero-order valence-electron chi connectivity index (χ0n) is 17.1. The molecule has 176 valence electrons. The van der Waals surface area contributed by atoms with Gasteiger partial charge in [-0.05, 0) is 17.7 Å². The lowest BCUT2D eigenvalue weighted by Crippen LogP contribution is -2.53. The van der Waals surface area contributed by atoms with Gasteiger partial charge in [0.2, 0.25) is 11.8 Å². The molecule has 0 aliphatic carbocycles. The maximum Gasteiger partial charge on any atom is 0.430 e. The summed E-state index contributed by atoms with van der Waals surface area (Å²) < 4.78 is 84.3. The number of alkyl halides is 6. The first kappa shape index (κ1) is 24.2.